The van der Waals surface area contributed by atoms with Crippen LogP contribution in [0.1, 0.15) is 12.8 Å². The van der Waals surface area contributed by atoms with E-state index < -0.39 is 0 Å². The van der Waals surface area contributed by atoms with Gasteiger partial charge in [0.05, 0.1) is 25.3 Å². The van der Waals surface area contributed by atoms with Gasteiger partial charge in [-0.15, -0.1) is 0 Å². The molecule has 1 amide bonds. The Labute approximate surface area is 113 Å². The molecular formula is C14H20N2O3. The molecule has 0 heterocycles. The summed E-state index contributed by atoms with van der Waals surface area (Å²) >= 11 is 0. The van der Waals surface area contributed by atoms with Crippen LogP contribution in [0.15, 0.2) is 18.2 Å². The molecule has 1 aliphatic carbocycles. The van der Waals surface area contributed by atoms with Gasteiger partial charge in [0.1, 0.15) is 11.5 Å². The first-order valence-electron chi connectivity index (χ1n) is 6.28. The van der Waals surface area contributed by atoms with Crippen LogP contribution in [0, 0.1) is 5.41 Å². The molecule has 0 atom stereocenters. The van der Waals surface area contributed by atoms with Crippen molar-refractivity contribution >= 4 is 11.6 Å². The van der Waals surface area contributed by atoms with Crippen LogP contribution in [0.3, 0.4) is 0 Å². The van der Waals surface area contributed by atoms with Crippen molar-refractivity contribution < 1.29 is 14.3 Å². The van der Waals surface area contributed by atoms with Gasteiger partial charge in [0.25, 0.3) is 0 Å². The summed E-state index contributed by atoms with van der Waals surface area (Å²) in [6, 6.07) is 5.40. The third kappa shape index (κ3) is 2.38. The molecule has 0 saturated heterocycles. The number of ether oxygens (including phenoxy) is 2. The highest BCUT2D eigenvalue weighted by molar-refractivity contribution is 6.00. The Morgan fingerprint density at radius 2 is 2.05 bits per heavy atom. The zero-order chi connectivity index (χ0) is 14.0. The molecule has 0 aliphatic heterocycles. The molecule has 5 nitrogen and oxygen atoms in total. The average Bonchev–Trinajstić information content (AvgIpc) is 3.26. The van der Waals surface area contributed by atoms with Gasteiger partial charge in [0.15, 0.2) is 0 Å². The lowest BCUT2D eigenvalue weighted by Crippen LogP contribution is -2.38. The van der Waals surface area contributed by atoms with Crippen LogP contribution in [0.4, 0.5) is 5.69 Å². The van der Waals surface area contributed by atoms with E-state index in [4.69, 9.17) is 15.2 Å². The predicted octanol–water partition coefficient (Wildman–Crippen LogP) is 1.41. The first kappa shape index (κ1) is 13.7. The average molecular weight is 264 g/mol. The van der Waals surface area contributed by atoms with Gasteiger partial charge >= 0.3 is 0 Å². The number of rotatable bonds is 5. The van der Waals surface area contributed by atoms with Crippen LogP contribution < -0.4 is 20.1 Å². The van der Waals surface area contributed by atoms with E-state index >= 15 is 0 Å². The summed E-state index contributed by atoms with van der Waals surface area (Å²) in [6.07, 6.45) is 1.73. The number of carbonyl (C=O) groups is 1. The number of methoxy groups -OCH3 is 2. The van der Waals surface area contributed by atoms with Gasteiger partial charge in [-0.1, -0.05) is 0 Å². The number of hydrogen-bond acceptors (Lipinski definition) is 4. The Balaban J connectivity index is 2.28. The van der Waals surface area contributed by atoms with Gasteiger partial charge in [0.2, 0.25) is 5.91 Å². The van der Waals surface area contributed by atoms with Gasteiger partial charge < -0.3 is 20.1 Å². The minimum Gasteiger partial charge on any atom is -0.497 e. The monoisotopic (exact) mass is 264 g/mol. The van der Waals surface area contributed by atoms with Crippen molar-refractivity contribution in [3.8, 4) is 11.5 Å². The van der Waals surface area contributed by atoms with Gasteiger partial charge in [-0.05, 0) is 25.0 Å². The molecule has 1 aromatic carbocycles. The molecule has 1 fully saturated rings. The van der Waals surface area contributed by atoms with E-state index in [1.165, 1.54) is 0 Å². The predicted molar refractivity (Wildman–Crippen MR) is 73.7 cm³/mol. The highest BCUT2D eigenvalue weighted by Gasteiger charge is 2.50. The van der Waals surface area contributed by atoms with Gasteiger partial charge in [-0.25, -0.2) is 0 Å². The number of benzene rings is 1. The first-order chi connectivity index (χ1) is 9.07. The minimum atomic E-state index is -0.361. The van der Waals surface area contributed by atoms with Crippen molar-refractivity contribution in [1.29, 1.82) is 0 Å². The normalized spacial score (nSPS) is 15.8. The van der Waals surface area contributed by atoms with E-state index in [1.54, 1.807) is 32.2 Å². The minimum absolute atomic E-state index is 0.0541. The lowest BCUT2D eigenvalue weighted by molar-refractivity contribution is -0.123. The number of nitrogens with two attached hydrogens (primary N) is 1. The van der Waals surface area contributed by atoms with E-state index in [-0.39, 0.29) is 11.3 Å². The highest BCUT2D eigenvalue weighted by atomic mass is 16.5. The summed E-state index contributed by atoms with van der Waals surface area (Å²) in [7, 11) is 4.92. The van der Waals surface area contributed by atoms with E-state index in [9.17, 15) is 4.79 Å². The molecule has 104 valence electrons. The number of amides is 1. The third-order valence-corrected chi connectivity index (χ3v) is 3.75. The number of nitrogens with zero attached hydrogens (tertiary/aromatic N) is 1. The molecule has 2 N–H and O–H groups in total. The van der Waals surface area contributed by atoms with Crippen LogP contribution in [0.5, 0.6) is 11.5 Å². The molecule has 19 heavy (non-hydrogen) atoms. The fourth-order valence-corrected chi connectivity index (χ4v) is 2.18. The molecule has 0 spiro atoms. The second kappa shape index (κ2) is 5.09. The topological polar surface area (TPSA) is 64.8 Å². The maximum atomic E-state index is 12.4. The zero-order valence-corrected chi connectivity index (χ0v) is 11.6. The Morgan fingerprint density at radius 1 is 1.37 bits per heavy atom. The largest absolute Gasteiger partial charge is 0.497 e. The second-order valence-corrected chi connectivity index (χ2v) is 4.89. The summed E-state index contributed by atoms with van der Waals surface area (Å²) in [5, 5.41) is 0. The van der Waals surface area contributed by atoms with Crippen molar-refractivity contribution in [1.82, 2.24) is 0 Å². The smallest absolute Gasteiger partial charge is 0.234 e. The van der Waals surface area contributed by atoms with Crippen LogP contribution in [0.2, 0.25) is 0 Å². The summed E-state index contributed by atoms with van der Waals surface area (Å²) in [4.78, 5) is 14.1. The molecule has 1 aromatic rings. The molecule has 0 aromatic heterocycles. The quantitative estimate of drug-likeness (QED) is 0.873. The third-order valence-electron chi connectivity index (χ3n) is 3.75. The fourth-order valence-electron chi connectivity index (χ4n) is 2.18. The van der Waals surface area contributed by atoms with Crippen LogP contribution in [-0.2, 0) is 4.79 Å². The fraction of sp³-hybridized carbons (Fsp3) is 0.500. The zero-order valence-electron chi connectivity index (χ0n) is 11.6. The standard InChI is InChI=1S/C14H20N2O3/c1-16(13(17)14(9-15)6-7-14)11-5-4-10(18-2)8-12(11)19-3/h4-5,8H,6-7,9,15H2,1-3H3. The maximum Gasteiger partial charge on any atom is 0.234 e. The van der Waals surface area contributed by atoms with E-state index in [1.807, 2.05) is 12.1 Å². The Morgan fingerprint density at radius 3 is 2.53 bits per heavy atom. The first-order valence-corrected chi connectivity index (χ1v) is 6.28. The second-order valence-electron chi connectivity index (χ2n) is 4.89. The Kier molecular flexibility index (Phi) is 3.66. The van der Waals surface area contributed by atoms with Crippen molar-refractivity contribution in [3.63, 3.8) is 0 Å². The Bertz CT molecular complexity index is 484. The molecule has 0 bridgehead atoms. The number of carbonyl (C=O) groups excluding carboxylic acids is 1. The molecule has 0 radical (unpaired) electrons. The molecule has 1 aliphatic rings. The summed E-state index contributed by atoms with van der Waals surface area (Å²) < 4.78 is 10.5. The maximum absolute atomic E-state index is 12.4. The van der Waals surface area contributed by atoms with Gasteiger partial charge in [-0.3, -0.25) is 4.79 Å². The van der Waals surface area contributed by atoms with Crippen LogP contribution in [0.25, 0.3) is 0 Å². The highest BCUT2D eigenvalue weighted by Crippen LogP contribution is 2.47. The lowest BCUT2D eigenvalue weighted by atomic mass is 10.1. The van der Waals surface area contributed by atoms with Gasteiger partial charge in [0, 0.05) is 19.7 Å². The van der Waals surface area contributed by atoms with Crippen molar-refractivity contribution in [2.75, 3.05) is 32.7 Å². The Hall–Kier alpha value is -1.75. The van der Waals surface area contributed by atoms with Crippen molar-refractivity contribution in [2.45, 2.75) is 12.8 Å². The summed E-state index contributed by atoms with van der Waals surface area (Å²) in [5.41, 5.74) is 6.07. The van der Waals surface area contributed by atoms with Crippen molar-refractivity contribution in [2.24, 2.45) is 11.1 Å². The summed E-state index contributed by atoms with van der Waals surface area (Å²) in [5.74, 6) is 1.36. The number of anilines is 1. The van der Waals surface area contributed by atoms with Crippen LogP contribution >= 0.6 is 0 Å². The molecule has 1 saturated carbocycles. The molecule has 0 unspecified atom stereocenters. The lowest BCUT2D eigenvalue weighted by Gasteiger charge is -2.24. The van der Waals surface area contributed by atoms with E-state index in [0.717, 1.165) is 18.5 Å². The van der Waals surface area contributed by atoms with E-state index in [2.05, 4.69) is 0 Å². The van der Waals surface area contributed by atoms with Gasteiger partial charge in [-0.2, -0.15) is 0 Å². The molecule has 2 rings (SSSR count). The van der Waals surface area contributed by atoms with Crippen molar-refractivity contribution in [3.05, 3.63) is 18.2 Å². The number of hydrogen-bond donors (Lipinski definition) is 1. The van der Waals surface area contributed by atoms with E-state index in [0.29, 0.717) is 18.0 Å². The SMILES string of the molecule is COc1ccc(N(C)C(=O)C2(CN)CC2)c(OC)c1. The molecular weight excluding hydrogens is 244 g/mol. The van der Waals surface area contributed by atoms with Crippen LogP contribution in [-0.4, -0.2) is 33.7 Å². The summed E-state index contributed by atoms with van der Waals surface area (Å²) in [6.45, 7) is 0.397. The molecule has 5 heteroatoms.